The molecule has 4 rings (SSSR count). The van der Waals surface area contributed by atoms with Gasteiger partial charge in [0, 0.05) is 18.0 Å². The number of rotatable bonds is 5. The largest absolute Gasteiger partial charge is 0.423 e. The molecular formula is C24H16FNO5. The molecule has 6 nitrogen and oxygen atoms in total. The summed E-state index contributed by atoms with van der Waals surface area (Å²) < 4.78 is 24.2. The van der Waals surface area contributed by atoms with E-state index in [4.69, 9.17) is 9.15 Å². The van der Waals surface area contributed by atoms with Crippen LogP contribution in [-0.4, -0.2) is 11.9 Å². The molecule has 7 heteroatoms. The van der Waals surface area contributed by atoms with Gasteiger partial charge in [0.1, 0.15) is 22.7 Å². The molecule has 4 aromatic rings. The number of benzene rings is 3. The van der Waals surface area contributed by atoms with Gasteiger partial charge in [-0.3, -0.25) is 4.79 Å². The Labute approximate surface area is 175 Å². The van der Waals surface area contributed by atoms with Crippen LogP contribution in [0.25, 0.3) is 11.0 Å². The maximum atomic E-state index is 13.7. The van der Waals surface area contributed by atoms with Gasteiger partial charge in [-0.2, -0.15) is 0 Å². The number of carbonyl (C=O) groups excluding carboxylic acids is 2. The Kier molecular flexibility index (Phi) is 5.57. The third kappa shape index (κ3) is 4.51. The fourth-order valence-corrected chi connectivity index (χ4v) is 2.98. The van der Waals surface area contributed by atoms with Crippen molar-refractivity contribution in [3.63, 3.8) is 0 Å². The summed E-state index contributed by atoms with van der Waals surface area (Å²) in [4.78, 5) is 36.9. The highest BCUT2D eigenvalue weighted by atomic mass is 19.1. The smallest absolute Gasteiger partial charge is 0.349 e. The van der Waals surface area contributed by atoms with Crippen LogP contribution >= 0.6 is 0 Å². The zero-order valence-electron chi connectivity index (χ0n) is 16.1. The van der Waals surface area contributed by atoms with Gasteiger partial charge in [0.15, 0.2) is 0 Å². The molecule has 0 spiro atoms. The maximum absolute atomic E-state index is 13.7. The summed E-state index contributed by atoms with van der Waals surface area (Å²) in [5.74, 6) is -2.07. The van der Waals surface area contributed by atoms with Gasteiger partial charge >= 0.3 is 11.6 Å². The number of carbonyl (C=O) groups is 2. The highest BCUT2D eigenvalue weighted by Gasteiger charge is 2.16. The number of nitrogens with one attached hydrogen (secondary N) is 1. The molecule has 1 N–H and O–H groups in total. The summed E-state index contributed by atoms with van der Waals surface area (Å²) in [5.41, 5.74) is -0.157. The summed E-state index contributed by atoms with van der Waals surface area (Å²) in [6.07, 6.45) is 0. The molecule has 0 saturated carbocycles. The van der Waals surface area contributed by atoms with Gasteiger partial charge in [0.25, 0.3) is 5.91 Å². The van der Waals surface area contributed by atoms with E-state index in [1.165, 1.54) is 42.5 Å². The molecule has 1 aromatic heterocycles. The topological polar surface area (TPSA) is 85.6 Å². The molecule has 0 aliphatic rings. The van der Waals surface area contributed by atoms with Gasteiger partial charge < -0.3 is 14.5 Å². The average molecular weight is 417 g/mol. The minimum absolute atomic E-state index is 0.0742. The van der Waals surface area contributed by atoms with Gasteiger partial charge in [-0.1, -0.05) is 42.5 Å². The van der Waals surface area contributed by atoms with E-state index in [9.17, 15) is 18.8 Å². The van der Waals surface area contributed by atoms with E-state index in [1.807, 2.05) is 30.3 Å². The molecule has 31 heavy (non-hydrogen) atoms. The van der Waals surface area contributed by atoms with Crippen LogP contribution in [-0.2, 0) is 6.54 Å². The van der Waals surface area contributed by atoms with Crippen molar-refractivity contribution in [3.05, 3.63) is 112 Å². The first-order chi connectivity index (χ1) is 15.0. The van der Waals surface area contributed by atoms with Crippen molar-refractivity contribution in [1.82, 2.24) is 5.32 Å². The summed E-state index contributed by atoms with van der Waals surface area (Å²) in [7, 11) is 0. The Bertz CT molecular complexity index is 1330. The number of fused-ring (bicyclic) bond motifs is 1. The second-order valence-corrected chi connectivity index (χ2v) is 6.68. The first-order valence-corrected chi connectivity index (χ1v) is 9.38. The van der Waals surface area contributed by atoms with Gasteiger partial charge in [-0.15, -0.1) is 0 Å². The van der Waals surface area contributed by atoms with Crippen molar-refractivity contribution in [2.45, 2.75) is 6.54 Å². The van der Waals surface area contributed by atoms with Crippen molar-refractivity contribution < 1.29 is 23.1 Å². The molecule has 0 aliphatic heterocycles. The molecule has 3 aromatic carbocycles. The summed E-state index contributed by atoms with van der Waals surface area (Å²) in [6, 6.07) is 20.5. The van der Waals surface area contributed by atoms with Crippen LogP contribution in [0.3, 0.4) is 0 Å². The van der Waals surface area contributed by atoms with E-state index < -0.39 is 23.3 Å². The lowest BCUT2D eigenvalue weighted by Gasteiger charge is -2.07. The number of ether oxygens (including phenoxy) is 1. The molecular weight excluding hydrogens is 401 g/mol. The van der Waals surface area contributed by atoms with E-state index in [-0.39, 0.29) is 29.0 Å². The van der Waals surface area contributed by atoms with Crippen molar-refractivity contribution >= 4 is 22.8 Å². The second-order valence-electron chi connectivity index (χ2n) is 6.68. The fraction of sp³-hybridized carbons (Fsp3) is 0.0417. The minimum atomic E-state index is -0.878. The number of amides is 1. The maximum Gasteiger partial charge on any atom is 0.349 e. The van der Waals surface area contributed by atoms with Crippen molar-refractivity contribution in [1.29, 1.82) is 0 Å². The Morgan fingerprint density at radius 2 is 1.65 bits per heavy atom. The lowest BCUT2D eigenvalue weighted by molar-refractivity contribution is 0.0730. The molecule has 0 unspecified atom stereocenters. The molecule has 0 atom stereocenters. The number of esters is 1. The third-order valence-electron chi connectivity index (χ3n) is 4.55. The lowest BCUT2D eigenvalue weighted by Crippen LogP contribution is -2.27. The first-order valence-electron chi connectivity index (χ1n) is 9.38. The first kappa shape index (κ1) is 20.0. The zero-order chi connectivity index (χ0) is 21.8. The van der Waals surface area contributed by atoms with E-state index in [1.54, 1.807) is 0 Å². The predicted molar refractivity (Wildman–Crippen MR) is 111 cm³/mol. The normalized spacial score (nSPS) is 10.6. The highest BCUT2D eigenvalue weighted by Crippen LogP contribution is 2.22. The van der Waals surface area contributed by atoms with Crippen LogP contribution in [0.15, 0.2) is 88.1 Å². The monoisotopic (exact) mass is 417 g/mol. The van der Waals surface area contributed by atoms with Crippen molar-refractivity contribution in [3.8, 4) is 5.75 Å². The van der Waals surface area contributed by atoms with Crippen LogP contribution in [0, 0.1) is 5.82 Å². The number of hydrogen-bond donors (Lipinski definition) is 1. The molecule has 1 amide bonds. The van der Waals surface area contributed by atoms with Crippen LogP contribution < -0.4 is 15.7 Å². The summed E-state index contributed by atoms with van der Waals surface area (Å²) in [5, 5.41) is 3.15. The van der Waals surface area contributed by atoms with E-state index in [0.29, 0.717) is 5.39 Å². The fourth-order valence-electron chi connectivity index (χ4n) is 2.98. The SMILES string of the molecule is O=C(Oc1ccc2cc(C(=O)NCc3ccccc3)c(=O)oc2c1)c1ccccc1F. The van der Waals surface area contributed by atoms with Crippen LogP contribution in [0.5, 0.6) is 5.75 Å². The Hall–Kier alpha value is -4.26. The molecule has 0 saturated heterocycles. The van der Waals surface area contributed by atoms with E-state index in [0.717, 1.165) is 11.6 Å². The van der Waals surface area contributed by atoms with Crippen LogP contribution in [0.4, 0.5) is 4.39 Å². The number of halogens is 1. The Morgan fingerprint density at radius 3 is 2.42 bits per heavy atom. The van der Waals surface area contributed by atoms with Crippen molar-refractivity contribution in [2.24, 2.45) is 0 Å². The minimum Gasteiger partial charge on any atom is -0.423 e. The molecule has 0 fully saturated rings. The van der Waals surface area contributed by atoms with Gasteiger partial charge in [0.2, 0.25) is 0 Å². The van der Waals surface area contributed by atoms with Crippen molar-refractivity contribution in [2.75, 3.05) is 0 Å². The lowest BCUT2D eigenvalue weighted by atomic mass is 10.1. The number of hydrogen-bond acceptors (Lipinski definition) is 5. The Balaban J connectivity index is 1.53. The molecule has 154 valence electrons. The molecule has 0 bridgehead atoms. The average Bonchev–Trinajstić information content (AvgIpc) is 2.78. The standard InChI is InChI=1S/C24H16FNO5/c25-20-9-5-4-8-18(20)23(28)30-17-11-10-16-12-19(24(29)31-21(16)13-17)22(27)26-14-15-6-2-1-3-7-15/h1-13H,14H2,(H,26,27). The van der Waals surface area contributed by atoms with Gasteiger partial charge in [-0.25, -0.2) is 14.0 Å². The predicted octanol–water partition coefficient (Wildman–Crippen LogP) is 4.08. The quantitative estimate of drug-likeness (QED) is 0.300. The van der Waals surface area contributed by atoms with E-state index >= 15 is 0 Å². The Morgan fingerprint density at radius 1 is 0.903 bits per heavy atom. The molecule has 1 heterocycles. The van der Waals surface area contributed by atoms with Gasteiger partial charge in [0.05, 0.1) is 5.56 Å². The molecule has 0 aliphatic carbocycles. The van der Waals surface area contributed by atoms with Gasteiger partial charge in [-0.05, 0) is 35.9 Å². The summed E-state index contributed by atoms with van der Waals surface area (Å²) in [6.45, 7) is 0.266. The van der Waals surface area contributed by atoms with E-state index in [2.05, 4.69) is 5.32 Å². The molecule has 0 radical (unpaired) electrons. The van der Waals surface area contributed by atoms with Crippen LogP contribution in [0.1, 0.15) is 26.3 Å². The second kappa shape index (κ2) is 8.62. The third-order valence-corrected chi connectivity index (χ3v) is 4.55. The highest BCUT2D eigenvalue weighted by molar-refractivity contribution is 5.97. The zero-order valence-corrected chi connectivity index (χ0v) is 16.1. The summed E-state index contributed by atoms with van der Waals surface area (Å²) >= 11 is 0. The van der Waals surface area contributed by atoms with Crippen LogP contribution in [0.2, 0.25) is 0 Å².